The molecule has 1 atom stereocenters. The molecule has 0 spiro atoms. The Labute approximate surface area is 79.5 Å². The van der Waals surface area contributed by atoms with E-state index in [9.17, 15) is 13.6 Å². The van der Waals surface area contributed by atoms with Crippen LogP contribution in [-0.2, 0) is 16.0 Å². The highest BCUT2D eigenvalue weighted by Crippen LogP contribution is 1.94. The number of rotatable bonds is 6. The maximum absolute atomic E-state index is 10.3. The second-order valence-electron chi connectivity index (χ2n) is 2.44. The van der Waals surface area contributed by atoms with Gasteiger partial charge >= 0.3 is 6.09 Å². The van der Waals surface area contributed by atoms with Crippen molar-refractivity contribution in [3.8, 4) is 0 Å². The van der Waals surface area contributed by atoms with Crippen molar-refractivity contribution in [2.75, 3.05) is 20.2 Å². The summed E-state index contributed by atoms with van der Waals surface area (Å²) in [6.07, 6.45) is 0.433. The van der Waals surface area contributed by atoms with E-state index in [-0.39, 0.29) is 6.61 Å². The quantitative estimate of drug-likeness (QED) is 0.475. The number of ether oxygens (including phenoxy) is 1. The summed E-state index contributed by atoms with van der Waals surface area (Å²) in [6, 6.07) is 0. The average molecular weight is 209 g/mol. The third-order valence-electron chi connectivity index (χ3n) is 1.37. The summed E-state index contributed by atoms with van der Waals surface area (Å²) in [6.45, 7) is 0.646. The van der Waals surface area contributed by atoms with Gasteiger partial charge in [0.2, 0.25) is 0 Å². The number of carbonyl (C=O) groups is 1. The van der Waals surface area contributed by atoms with Crippen molar-refractivity contribution < 1.29 is 18.3 Å². The molecule has 0 aliphatic rings. The van der Waals surface area contributed by atoms with Gasteiger partial charge in [-0.1, -0.05) is 0 Å². The maximum atomic E-state index is 10.3. The molecule has 0 aromatic rings. The first-order valence-electron chi connectivity index (χ1n) is 3.76. The Kier molecular flexibility index (Phi) is 6.47. The minimum atomic E-state index is -2.17. The molecular weight excluding hydrogens is 196 g/mol. The molecule has 7 heteroatoms. The molecule has 2 N–H and O–H groups in total. The SMILES string of the molecule is CN(CCCCOC(N)=O)S(=O)[O-]. The molecule has 1 unspecified atom stereocenters. The topological polar surface area (TPSA) is 95.7 Å². The third-order valence-corrected chi connectivity index (χ3v) is 2.06. The normalized spacial score (nSPS) is 12.8. The molecule has 0 fully saturated rings. The lowest BCUT2D eigenvalue weighted by molar-refractivity contribution is 0.154. The number of unbranched alkanes of at least 4 members (excludes halogenated alkanes) is 1. The number of carbonyl (C=O) groups excluding carboxylic acids is 1. The molecule has 0 saturated heterocycles. The number of primary amides is 1. The highest BCUT2D eigenvalue weighted by Gasteiger charge is 1.98. The van der Waals surface area contributed by atoms with Crippen LogP contribution in [0, 0.1) is 0 Å². The molecule has 0 saturated carbocycles. The minimum Gasteiger partial charge on any atom is -0.760 e. The molecule has 6 nitrogen and oxygen atoms in total. The van der Waals surface area contributed by atoms with E-state index in [4.69, 9.17) is 5.73 Å². The predicted molar refractivity (Wildman–Crippen MR) is 46.3 cm³/mol. The van der Waals surface area contributed by atoms with Gasteiger partial charge in [0.1, 0.15) is 0 Å². The van der Waals surface area contributed by atoms with Crippen molar-refractivity contribution >= 4 is 17.4 Å². The van der Waals surface area contributed by atoms with Crippen LogP contribution in [0.25, 0.3) is 0 Å². The van der Waals surface area contributed by atoms with Crippen molar-refractivity contribution in [1.29, 1.82) is 0 Å². The molecule has 0 aromatic heterocycles. The van der Waals surface area contributed by atoms with Crippen LogP contribution in [-0.4, -0.2) is 39.4 Å². The monoisotopic (exact) mass is 209 g/mol. The van der Waals surface area contributed by atoms with E-state index in [1.165, 1.54) is 11.4 Å². The van der Waals surface area contributed by atoms with Crippen molar-refractivity contribution in [2.24, 2.45) is 5.73 Å². The van der Waals surface area contributed by atoms with Crippen molar-refractivity contribution in [1.82, 2.24) is 4.31 Å². The Morgan fingerprint density at radius 1 is 1.62 bits per heavy atom. The van der Waals surface area contributed by atoms with E-state index in [1.807, 2.05) is 0 Å². The molecule has 0 aromatic carbocycles. The smallest absolute Gasteiger partial charge is 0.404 e. The molecule has 0 rings (SSSR count). The van der Waals surface area contributed by atoms with Gasteiger partial charge in [-0.3, -0.25) is 4.21 Å². The Morgan fingerprint density at radius 3 is 2.69 bits per heavy atom. The standard InChI is InChI=1S/C6H14N2O4S/c1-8(13(10)11)4-2-3-5-12-6(7)9/h2-5H2,1H3,(H2,7,9)(H,10,11)/p-1. The summed E-state index contributed by atoms with van der Waals surface area (Å²) in [5, 5.41) is 0. The van der Waals surface area contributed by atoms with Crippen LogP contribution in [0.5, 0.6) is 0 Å². The van der Waals surface area contributed by atoms with Gasteiger partial charge in [-0.25, -0.2) is 9.10 Å². The summed E-state index contributed by atoms with van der Waals surface area (Å²) in [4.78, 5) is 10.1. The van der Waals surface area contributed by atoms with E-state index >= 15 is 0 Å². The maximum Gasteiger partial charge on any atom is 0.404 e. The minimum absolute atomic E-state index is 0.231. The summed E-state index contributed by atoms with van der Waals surface area (Å²) in [5.74, 6) is 0. The number of nitrogens with two attached hydrogens (primary N) is 1. The lowest BCUT2D eigenvalue weighted by Crippen LogP contribution is -2.22. The zero-order valence-electron chi connectivity index (χ0n) is 7.39. The first kappa shape index (κ1) is 12.3. The second kappa shape index (κ2) is 6.81. The van der Waals surface area contributed by atoms with E-state index in [1.54, 1.807) is 0 Å². The van der Waals surface area contributed by atoms with Gasteiger partial charge < -0.3 is 15.0 Å². The molecule has 78 valence electrons. The van der Waals surface area contributed by atoms with E-state index < -0.39 is 17.4 Å². The van der Waals surface area contributed by atoms with E-state index in [0.717, 1.165) is 0 Å². The van der Waals surface area contributed by atoms with Crippen LogP contribution in [0.4, 0.5) is 4.79 Å². The van der Waals surface area contributed by atoms with Crippen LogP contribution < -0.4 is 5.73 Å². The molecule has 1 amide bonds. The van der Waals surface area contributed by atoms with Crippen molar-refractivity contribution in [3.63, 3.8) is 0 Å². The largest absolute Gasteiger partial charge is 0.760 e. The first-order valence-corrected chi connectivity index (χ1v) is 4.80. The molecule has 13 heavy (non-hydrogen) atoms. The molecular formula is C6H13N2O4S-. The van der Waals surface area contributed by atoms with Crippen LogP contribution in [0.3, 0.4) is 0 Å². The zero-order chi connectivity index (χ0) is 10.3. The average Bonchev–Trinajstić information content (AvgIpc) is 2.02. The second-order valence-corrected chi connectivity index (χ2v) is 3.50. The fraction of sp³-hybridized carbons (Fsp3) is 0.833. The van der Waals surface area contributed by atoms with Crippen LogP contribution in [0.2, 0.25) is 0 Å². The Morgan fingerprint density at radius 2 is 2.23 bits per heavy atom. The van der Waals surface area contributed by atoms with Crippen molar-refractivity contribution in [3.05, 3.63) is 0 Å². The highest BCUT2D eigenvalue weighted by molar-refractivity contribution is 7.76. The molecule has 0 bridgehead atoms. The number of nitrogens with zero attached hydrogens (tertiary/aromatic N) is 1. The Bertz CT molecular complexity index is 187. The van der Waals surface area contributed by atoms with Crippen LogP contribution >= 0.6 is 0 Å². The molecule has 0 aliphatic heterocycles. The van der Waals surface area contributed by atoms with Gasteiger partial charge in [0.25, 0.3) is 0 Å². The van der Waals surface area contributed by atoms with Crippen LogP contribution in [0.1, 0.15) is 12.8 Å². The van der Waals surface area contributed by atoms with E-state index in [0.29, 0.717) is 19.4 Å². The highest BCUT2D eigenvalue weighted by atomic mass is 32.2. The van der Waals surface area contributed by atoms with Gasteiger partial charge in [-0.15, -0.1) is 0 Å². The Balaban J connectivity index is 3.26. The van der Waals surface area contributed by atoms with Gasteiger partial charge in [0.15, 0.2) is 0 Å². The summed E-state index contributed by atoms with van der Waals surface area (Å²) < 4.78 is 26.2. The van der Waals surface area contributed by atoms with Gasteiger partial charge in [-0.2, -0.15) is 0 Å². The lowest BCUT2D eigenvalue weighted by Gasteiger charge is -2.18. The van der Waals surface area contributed by atoms with Crippen LogP contribution in [0.15, 0.2) is 0 Å². The molecule has 0 radical (unpaired) electrons. The molecule has 0 aliphatic carbocycles. The summed E-state index contributed by atoms with van der Waals surface area (Å²) in [5.41, 5.74) is 4.71. The number of hydrogen-bond acceptors (Lipinski definition) is 4. The van der Waals surface area contributed by atoms with E-state index in [2.05, 4.69) is 4.74 Å². The summed E-state index contributed by atoms with van der Waals surface area (Å²) in [7, 11) is 1.47. The first-order chi connectivity index (χ1) is 6.04. The molecule has 0 heterocycles. The number of amides is 1. The van der Waals surface area contributed by atoms with Gasteiger partial charge in [0, 0.05) is 17.8 Å². The fourth-order valence-electron chi connectivity index (χ4n) is 0.684. The lowest BCUT2D eigenvalue weighted by atomic mass is 10.3. The summed E-state index contributed by atoms with van der Waals surface area (Å²) >= 11 is -2.17. The predicted octanol–water partition coefficient (Wildman–Crippen LogP) is -0.412. The Hall–Kier alpha value is -0.660. The third kappa shape index (κ3) is 7.69. The fourth-order valence-corrected chi connectivity index (χ4v) is 0.962. The van der Waals surface area contributed by atoms with Gasteiger partial charge in [-0.05, 0) is 19.9 Å². The zero-order valence-corrected chi connectivity index (χ0v) is 8.21. The number of hydrogen-bond donors (Lipinski definition) is 1. The van der Waals surface area contributed by atoms with Gasteiger partial charge in [0.05, 0.1) is 6.61 Å². The van der Waals surface area contributed by atoms with Crippen molar-refractivity contribution in [2.45, 2.75) is 12.8 Å².